The summed E-state index contributed by atoms with van der Waals surface area (Å²) in [5.41, 5.74) is 1.52. The van der Waals surface area contributed by atoms with Crippen LogP contribution in [0.3, 0.4) is 0 Å². The van der Waals surface area contributed by atoms with Gasteiger partial charge in [-0.3, -0.25) is 4.79 Å². The third kappa shape index (κ3) is 4.08. The fourth-order valence-electron chi connectivity index (χ4n) is 2.68. The third-order valence-electron chi connectivity index (χ3n) is 4.05. The first-order valence-electron chi connectivity index (χ1n) is 8.21. The first kappa shape index (κ1) is 18.4. The molecule has 0 bridgehead atoms. The van der Waals surface area contributed by atoms with Gasteiger partial charge in [0.05, 0.1) is 26.3 Å². The predicted molar refractivity (Wildman–Crippen MR) is 97.2 cm³/mol. The predicted octanol–water partition coefficient (Wildman–Crippen LogP) is 3.77. The van der Waals surface area contributed by atoms with E-state index in [-0.39, 0.29) is 18.0 Å². The van der Waals surface area contributed by atoms with Crippen molar-refractivity contribution in [1.29, 1.82) is 0 Å². The molecule has 2 aromatic carbocycles. The molecule has 0 saturated heterocycles. The lowest BCUT2D eigenvalue weighted by Crippen LogP contribution is -2.26. The molecule has 27 heavy (non-hydrogen) atoms. The molecule has 0 radical (unpaired) electrons. The van der Waals surface area contributed by atoms with Crippen LogP contribution in [0.4, 0.5) is 4.39 Å². The fourth-order valence-corrected chi connectivity index (χ4v) is 2.68. The number of hydrogen-bond donors (Lipinski definition) is 0. The van der Waals surface area contributed by atoms with Gasteiger partial charge < -0.3 is 18.9 Å². The summed E-state index contributed by atoms with van der Waals surface area (Å²) in [7, 11) is 4.76. The Morgan fingerprint density at radius 1 is 1.15 bits per heavy atom. The minimum atomic E-state index is -0.455. The van der Waals surface area contributed by atoms with Crippen molar-refractivity contribution in [2.75, 3.05) is 21.3 Å². The molecule has 0 atom stereocenters. The second-order valence-corrected chi connectivity index (χ2v) is 5.92. The van der Waals surface area contributed by atoms with E-state index in [2.05, 4.69) is 5.16 Å². The fraction of sp³-hybridized carbons (Fsp3) is 0.200. The smallest absolute Gasteiger partial charge is 0.254 e. The number of carbonyl (C=O) groups excluding carboxylic acids is 1. The zero-order valence-corrected chi connectivity index (χ0v) is 15.2. The second-order valence-electron chi connectivity index (χ2n) is 5.92. The van der Waals surface area contributed by atoms with E-state index >= 15 is 0 Å². The van der Waals surface area contributed by atoms with E-state index in [1.807, 2.05) is 0 Å². The van der Waals surface area contributed by atoms with E-state index in [1.54, 1.807) is 51.6 Å². The van der Waals surface area contributed by atoms with Crippen LogP contribution in [0, 0.1) is 5.82 Å². The number of carbonyl (C=O) groups is 1. The zero-order valence-electron chi connectivity index (χ0n) is 15.2. The highest BCUT2D eigenvalue weighted by Gasteiger charge is 2.17. The summed E-state index contributed by atoms with van der Waals surface area (Å²) in [6.45, 7) is 0.213. The standard InChI is InChI=1S/C20H19FN2O4/c1-23(20(24)13-5-4-6-14(21)9-13)12-15-10-19(27-22-15)17-11-16(25-2)7-8-18(17)26-3/h4-11H,12H2,1-3H3. The Bertz CT molecular complexity index is 955. The molecule has 0 aliphatic rings. The Hall–Kier alpha value is -3.35. The highest BCUT2D eigenvalue weighted by atomic mass is 19.1. The van der Waals surface area contributed by atoms with E-state index in [1.165, 1.54) is 23.1 Å². The van der Waals surface area contributed by atoms with Gasteiger partial charge >= 0.3 is 0 Å². The monoisotopic (exact) mass is 370 g/mol. The number of nitrogens with zero attached hydrogens (tertiary/aromatic N) is 2. The largest absolute Gasteiger partial charge is 0.497 e. The molecule has 1 heterocycles. The number of aromatic nitrogens is 1. The van der Waals surface area contributed by atoms with Gasteiger partial charge in [0.2, 0.25) is 0 Å². The van der Waals surface area contributed by atoms with Crippen LogP contribution in [0.25, 0.3) is 11.3 Å². The Morgan fingerprint density at radius 2 is 1.96 bits per heavy atom. The van der Waals surface area contributed by atoms with Crippen LogP contribution < -0.4 is 9.47 Å². The zero-order chi connectivity index (χ0) is 19.4. The van der Waals surface area contributed by atoms with Gasteiger partial charge in [0, 0.05) is 18.7 Å². The molecule has 7 heteroatoms. The normalized spacial score (nSPS) is 10.5. The first-order valence-corrected chi connectivity index (χ1v) is 8.21. The molecule has 0 aliphatic carbocycles. The van der Waals surface area contributed by atoms with Crippen molar-refractivity contribution >= 4 is 5.91 Å². The number of methoxy groups -OCH3 is 2. The third-order valence-corrected chi connectivity index (χ3v) is 4.05. The van der Waals surface area contributed by atoms with Crippen molar-refractivity contribution in [2.24, 2.45) is 0 Å². The summed E-state index contributed by atoms with van der Waals surface area (Å²) < 4.78 is 29.3. The average molecular weight is 370 g/mol. The number of benzene rings is 2. The summed E-state index contributed by atoms with van der Waals surface area (Å²) in [6, 6.07) is 12.6. The van der Waals surface area contributed by atoms with Crippen molar-refractivity contribution in [3.63, 3.8) is 0 Å². The second kappa shape index (κ2) is 7.90. The van der Waals surface area contributed by atoms with Crippen molar-refractivity contribution < 1.29 is 23.2 Å². The van der Waals surface area contributed by atoms with Gasteiger partial charge in [0.15, 0.2) is 5.76 Å². The Morgan fingerprint density at radius 3 is 2.67 bits per heavy atom. The van der Waals surface area contributed by atoms with Crippen molar-refractivity contribution in [3.8, 4) is 22.8 Å². The average Bonchev–Trinajstić information content (AvgIpc) is 3.15. The molecular weight excluding hydrogens is 351 g/mol. The maximum atomic E-state index is 13.3. The van der Waals surface area contributed by atoms with Crippen LogP contribution in [0.1, 0.15) is 16.1 Å². The summed E-state index contributed by atoms with van der Waals surface area (Å²) >= 11 is 0. The van der Waals surface area contributed by atoms with Gasteiger partial charge in [0.1, 0.15) is 23.0 Å². The van der Waals surface area contributed by atoms with Gasteiger partial charge in [-0.15, -0.1) is 0 Å². The summed E-state index contributed by atoms with van der Waals surface area (Å²) in [5.74, 6) is 0.998. The molecule has 0 fully saturated rings. The highest BCUT2D eigenvalue weighted by Crippen LogP contribution is 2.33. The van der Waals surface area contributed by atoms with Crippen LogP contribution in [-0.4, -0.2) is 37.2 Å². The maximum absolute atomic E-state index is 13.3. The van der Waals surface area contributed by atoms with Gasteiger partial charge in [0.25, 0.3) is 5.91 Å². The Labute approximate surface area is 156 Å². The van der Waals surface area contributed by atoms with Gasteiger partial charge in [-0.1, -0.05) is 11.2 Å². The van der Waals surface area contributed by atoms with Gasteiger partial charge in [-0.25, -0.2) is 4.39 Å². The molecule has 6 nitrogen and oxygen atoms in total. The van der Waals surface area contributed by atoms with Crippen molar-refractivity contribution in [1.82, 2.24) is 10.1 Å². The van der Waals surface area contributed by atoms with Crippen LogP contribution in [0.2, 0.25) is 0 Å². The molecule has 0 aliphatic heterocycles. The minimum absolute atomic E-state index is 0.213. The highest BCUT2D eigenvalue weighted by molar-refractivity contribution is 5.94. The SMILES string of the molecule is COc1ccc(OC)c(-c2cc(CN(C)C(=O)c3cccc(F)c3)no2)c1. The van der Waals surface area contributed by atoms with Crippen LogP contribution in [0.15, 0.2) is 53.1 Å². The molecule has 1 amide bonds. The summed E-state index contributed by atoms with van der Waals surface area (Å²) in [5, 5.41) is 4.02. The molecule has 0 unspecified atom stereocenters. The van der Waals surface area contributed by atoms with Crippen LogP contribution in [0.5, 0.6) is 11.5 Å². The number of hydrogen-bond acceptors (Lipinski definition) is 5. The number of halogens is 1. The molecule has 0 saturated carbocycles. The molecular formula is C20H19FN2O4. The number of rotatable bonds is 6. The number of amides is 1. The molecule has 0 N–H and O–H groups in total. The quantitative estimate of drug-likeness (QED) is 0.661. The molecule has 0 spiro atoms. The molecule has 1 aromatic heterocycles. The molecule has 140 valence electrons. The topological polar surface area (TPSA) is 64.8 Å². The summed E-state index contributed by atoms with van der Waals surface area (Å²) in [6.07, 6.45) is 0. The van der Waals surface area contributed by atoms with E-state index in [4.69, 9.17) is 14.0 Å². The Balaban J connectivity index is 1.79. The minimum Gasteiger partial charge on any atom is -0.497 e. The van der Waals surface area contributed by atoms with Crippen LogP contribution >= 0.6 is 0 Å². The molecule has 3 aromatic rings. The lowest BCUT2D eigenvalue weighted by Gasteiger charge is -2.15. The van der Waals surface area contributed by atoms with E-state index in [0.29, 0.717) is 28.5 Å². The molecule has 3 rings (SSSR count). The summed E-state index contributed by atoms with van der Waals surface area (Å²) in [4.78, 5) is 13.9. The van der Waals surface area contributed by atoms with E-state index < -0.39 is 5.82 Å². The van der Waals surface area contributed by atoms with Gasteiger partial charge in [-0.05, 0) is 36.4 Å². The lowest BCUT2D eigenvalue weighted by atomic mass is 10.1. The van der Waals surface area contributed by atoms with Gasteiger partial charge in [-0.2, -0.15) is 0 Å². The first-order chi connectivity index (χ1) is 13.0. The number of ether oxygens (including phenoxy) is 2. The Kier molecular flexibility index (Phi) is 5.40. The van der Waals surface area contributed by atoms with Crippen LogP contribution in [-0.2, 0) is 6.54 Å². The van der Waals surface area contributed by atoms with Crippen molar-refractivity contribution in [3.05, 3.63) is 65.6 Å². The van der Waals surface area contributed by atoms with Crippen molar-refractivity contribution in [2.45, 2.75) is 6.54 Å². The van der Waals surface area contributed by atoms with E-state index in [9.17, 15) is 9.18 Å². The lowest BCUT2D eigenvalue weighted by molar-refractivity contribution is 0.0781. The maximum Gasteiger partial charge on any atom is 0.254 e. The van der Waals surface area contributed by atoms with E-state index in [0.717, 1.165) is 0 Å².